The van der Waals surface area contributed by atoms with Gasteiger partial charge in [-0.25, -0.2) is 0 Å². The lowest BCUT2D eigenvalue weighted by Gasteiger charge is -2.39. The number of ether oxygens (including phenoxy) is 2. The number of hydrogen-bond donors (Lipinski definition) is 2. The molecule has 0 fully saturated rings. The molecule has 0 spiro atoms. The maximum Gasteiger partial charge on any atom is 0.251 e. The van der Waals surface area contributed by atoms with Gasteiger partial charge >= 0.3 is 0 Å². The lowest BCUT2D eigenvalue weighted by atomic mass is 9.76. The molecule has 1 aromatic rings. The van der Waals surface area contributed by atoms with E-state index in [9.17, 15) is 9.90 Å². The molecular formula is C25H36N2O4. The van der Waals surface area contributed by atoms with Crippen LogP contribution >= 0.6 is 0 Å². The SMILES string of the molecule is COCCNC(=O)c1cccc2c1CN(C(C)(C)CCC1(C)C=CC(O)=C(OC)C1)C2. The van der Waals surface area contributed by atoms with Crippen LogP contribution < -0.4 is 5.32 Å². The van der Waals surface area contributed by atoms with Crippen LogP contribution in [0.3, 0.4) is 0 Å². The number of aliphatic hydroxyl groups excluding tert-OH is 1. The quantitative estimate of drug-likeness (QED) is 0.573. The molecule has 31 heavy (non-hydrogen) atoms. The fourth-order valence-corrected chi connectivity index (χ4v) is 4.41. The Hall–Kier alpha value is -2.31. The number of nitrogens with one attached hydrogen (secondary N) is 1. The van der Waals surface area contributed by atoms with Crippen molar-refractivity contribution < 1.29 is 19.4 Å². The van der Waals surface area contributed by atoms with E-state index >= 15 is 0 Å². The number of carbonyl (C=O) groups excluding carboxylic acids is 1. The molecule has 1 atom stereocenters. The molecule has 6 nitrogen and oxygen atoms in total. The van der Waals surface area contributed by atoms with E-state index in [-0.39, 0.29) is 22.6 Å². The predicted octanol–water partition coefficient (Wildman–Crippen LogP) is 4.32. The summed E-state index contributed by atoms with van der Waals surface area (Å²) in [6, 6.07) is 6.01. The average Bonchev–Trinajstić information content (AvgIpc) is 3.20. The van der Waals surface area contributed by atoms with Crippen LogP contribution in [0.5, 0.6) is 0 Å². The van der Waals surface area contributed by atoms with Crippen LogP contribution in [0.25, 0.3) is 0 Å². The van der Waals surface area contributed by atoms with Gasteiger partial charge < -0.3 is 19.9 Å². The summed E-state index contributed by atoms with van der Waals surface area (Å²) in [5, 5.41) is 12.9. The zero-order valence-electron chi connectivity index (χ0n) is 19.5. The van der Waals surface area contributed by atoms with Gasteiger partial charge in [0.2, 0.25) is 0 Å². The first-order valence-corrected chi connectivity index (χ1v) is 11.0. The van der Waals surface area contributed by atoms with E-state index < -0.39 is 0 Å². The minimum atomic E-state index is -0.0478. The fourth-order valence-electron chi connectivity index (χ4n) is 4.41. The molecule has 1 heterocycles. The first-order valence-electron chi connectivity index (χ1n) is 11.0. The van der Waals surface area contributed by atoms with Gasteiger partial charge in [-0.1, -0.05) is 25.1 Å². The van der Waals surface area contributed by atoms with Crippen molar-refractivity contribution in [2.24, 2.45) is 5.41 Å². The number of hydrogen-bond acceptors (Lipinski definition) is 5. The third-order valence-corrected chi connectivity index (χ3v) is 6.72. The van der Waals surface area contributed by atoms with Crippen LogP contribution in [0.4, 0.5) is 0 Å². The molecule has 0 aromatic heterocycles. The monoisotopic (exact) mass is 428 g/mol. The van der Waals surface area contributed by atoms with Gasteiger partial charge in [-0.15, -0.1) is 0 Å². The summed E-state index contributed by atoms with van der Waals surface area (Å²) in [6.45, 7) is 9.39. The first kappa shape index (κ1) is 23.4. The maximum absolute atomic E-state index is 12.7. The van der Waals surface area contributed by atoms with Gasteiger partial charge in [0.1, 0.15) is 5.76 Å². The van der Waals surface area contributed by atoms with Gasteiger partial charge in [-0.2, -0.15) is 0 Å². The van der Waals surface area contributed by atoms with E-state index in [4.69, 9.17) is 9.47 Å². The highest BCUT2D eigenvalue weighted by molar-refractivity contribution is 5.96. The van der Waals surface area contributed by atoms with Gasteiger partial charge in [-0.3, -0.25) is 9.69 Å². The van der Waals surface area contributed by atoms with Crippen molar-refractivity contribution in [3.8, 4) is 0 Å². The fraction of sp³-hybridized carbons (Fsp3) is 0.560. The third kappa shape index (κ3) is 5.31. The maximum atomic E-state index is 12.7. The van der Waals surface area contributed by atoms with E-state index in [2.05, 4.69) is 43.1 Å². The molecule has 0 saturated heterocycles. The molecule has 2 aliphatic rings. The Labute approximate surface area is 185 Å². The van der Waals surface area contributed by atoms with Crippen LogP contribution in [-0.4, -0.2) is 48.8 Å². The van der Waals surface area contributed by atoms with E-state index in [0.717, 1.165) is 37.1 Å². The van der Waals surface area contributed by atoms with Crippen LogP contribution in [0.1, 0.15) is 61.5 Å². The number of allylic oxidation sites excluding steroid dienone is 3. The van der Waals surface area contributed by atoms with E-state index in [1.54, 1.807) is 20.3 Å². The van der Waals surface area contributed by atoms with E-state index in [1.807, 2.05) is 12.1 Å². The molecule has 3 rings (SSSR count). The predicted molar refractivity (Wildman–Crippen MR) is 122 cm³/mol. The molecule has 6 heteroatoms. The van der Waals surface area contributed by atoms with Gasteiger partial charge in [0.05, 0.1) is 13.7 Å². The second-order valence-corrected chi connectivity index (χ2v) is 9.54. The molecule has 0 bridgehead atoms. The summed E-state index contributed by atoms with van der Waals surface area (Å²) in [7, 11) is 3.24. The molecule has 1 aromatic carbocycles. The van der Waals surface area contributed by atoms with Crippen molar-refractivity contribution >= 4 is 5.91 Å². The molecule has 1 amide bonds. The summed E-state index contributed by atoms with van der Waals surface area (Å²) in [5.41, 5.74) is 3.04. The molecule has 170 valence electrons. The number of nitrogens with zero attached hydrogens (tertiary/aromatic N) is 1. The van der Waals surface area contributed by atoms with Crippen LogP contribution in [0, 0.1) is 5.41 Å². The standard InChI is InChI=1S/C25H36N2O4/c1-24(2,11-12-25(3)10-9-21(28)22(15-25)31-5)27-16-18-7-6-8-19(20(18)17-27)23(29)26-13-14-30-4/h6-10,28H,11-17H2,1-5H3,(H,26,29). The van der Waals surface area contributed by atoms with Crippen LogP contribution in [0.2, 0.25) is 0 Å². The van der Waals surface area contributed by atoms with Gasteiger partial charge in [0.25, 0.3) is 5.91 Å². The minimum Gasteiger partial charge on any atom is -0.504 e. The van der Waals surface area contributed by atoms with Crippen molar-refractivity contribution in [2.45, 2.75) is 58.7 Å². The van der Waals surface area contributed by atoms with Gasteiger partial charge in [0.15, 0.2) is 5.76 Å². The Bertz CT molecular complexity index is 874. The zero-order chi connectivity index (χ0) is 22.6. The van der Waals surface area contributed by atoms with Crippen LogP contribution in [0.15, 0.2) is 41.9 Å². The molecule has 1 aliphatic carbocycles. The number of aliphatic hydroxyl groups is 1. The van der Waals surface area contributed by atoms with E-state index in [0.29, 0.717) is 25.3 Å². The minimum absolute atomic E-state index is 0.0316. The van der Waals surface area contributed by atoms with Crippen LogP contribution in [-0.2, 0) is 22.6 Å². The summed E-state index contributed by atoms with van der Waals surface area (Å²) in [4.78, 5) is 15.1. The average molecular weight is 429 g/mol. The molecular weight excluding hydrogens is 392 g/mol. The lowest BCUT2D eigenvalue weighted by Crippen LogP contribution is -2.41. The van der Waals surface area contributed by atoms with Crippen molar-refractivity contribution in [2.75, 3.05) is 27.4 Å². The summed E-state index contributed by atoms with van der Waals surface area (Å²) < 4.78 is 10.4. The molecule has 0 saturated carbocycles. The third-order valence-electron chi connectivity index (χ3n) is 6.72. The summed E-state index contributed by atoms with van der Waals surface area (Å²) in [6.07, 6.45) is 6.54. The Morgan fingerprint density at radius 1 is 1.29 bits per heavy atom. The molecule has 2 N–H and O–H groups in total. The van der Waals surface area contributed by atoms with Gasteiger partial charge in [0, 0.05) is 44.3 Å². The Kier molecular flexibility index (Phi) is 7.12. The topological polar surface area (TPSA) is 71.0 Å². The number of methoxy groups -OCH3 is 2. The number of fused-ring (bicyclic) bond motifs is 1. The van der Waals surface area contributed by atoms with Crippen molar-refractivity contribution in [1.82, 2.24) is 10.2 Å². The smallest absolute Gasteiger partial charge is 0.251 e. The number of carbonyl (C=O) groups is 1. The largest absolute Gasteiger partial charge is 0.504 e. The zero-order valence-corrected chi connectivity index (χ0v) is 19.5. The van der Waals surface area contributed by atoms with Gasteiger partial charge in [-0.05, 0) is 55.4 Å². The Morgan fingerprint density at radius 2 is 2.06 bits per heavy atom. The molecule has 0 radical (unpaired) electrons. The first-order chi connectivity index (χ1) is 14.7. The number of benzene rings is 1. The van der Waals surface area contributed by atoms with Crippen molar-refractivity contribution in [3.63, 3.8) is 0 Å². The summed E-state index contributed by atoms with van der Waals surface area (Å²) in [5.74, 6) is 0.846. The highest BCUT2D eigenvalue weighted by atomic mass is 16.5. The van der Waals surface area contributed by atoms with Crippen molar-refractivity contribution in [3.05, 3.63) is 58.6 Å². The highest BCUT2D eigenvalue weighted by Crippen LogP contribution is 2.41. The summed E-state index contributed by atoms with van der Waals surface area (Å²) >= 11 is 0. The Balaban J connectivity index is 1.66. The lowest BCUT2D eigenvalue weighted by molar-refractivity contribution is 0.0904. The second-order valence-electron chi connectivity index (χ2n) is 9.54. The normalized spacial score (nSPS) is 21.3. The Morgan fingerprint density at radius 3 is 2.77 bits per heavy atom. The number of amides is 1. The molecule has 1 aliphatic heterocycles. The highest BCUT2D eigenvalue weighted by Gasteiger charge is 2.36. The second kappa shape index (κ2) is 9.45. The number of rotatable bonds is 9. The van der Waals surface area contributed by atoms with E-state index in [1.165, 1.54) is 5.56 Å². The van der Waals surface area contributed by atoms with Crippen molar-refractivity contribution in [1.29, 1.82) is 0 Å². The molecule has 1 unspecified atom stereocenters.